The highest BCUT2D eigenvalue weighted by Gasteiger charge is 2.21. The predicted octanol–water partition coefficient (Wildman–Crippen LogP) is 1.69. The van der Waals surface area contributed by atoms with Crippen molar-refractivity contribution in [3.05, 3.63) is 29.8 Å². The van der Waals surface area contributed by atoms with Crippen molar-refractivity contribution in [2.24, 2.45) is 0 Å². The van der Waals surface area contributed by atoms with Crippen molar-refractivity contribution in [3.63, 3.8) is 0 Å². The molecule has 1 unspecified atom stereocenters. The van der Waals surface area contributed by atoms with Gasteiger partial charge in [0.2, 0.25) is 11.8 Å². The summed E-state index contributed by atoms with van der Waals surface area (Å²) in [6.07, 6.45) is 2.29. The Kier molecular flexibility index (Phi) is 7.91. The predicted molar refractivity (Wildman–Crippen MR) is 102 cm³/mol. The number of nitrogens with zero attached hydrogens (tertiary/aromatic N) is 2. The van der Waals surface area contributed by atoms with Crippen molar-refractivity contribution in [1.29, 1.82) is 0 Å². The molecule has 1 heterocycles. The number of methoxy groups -OCH3 is 1. The summed E-state index contributed by atoms with van der Waals surface area (Å²) in [5.41, 5.74) is 1.28. The van der Waals surface area contributed by atoms with Gasteiger partial charge in [0.25, 0.3) is 0 Å². The second-order valence-corrected chi connectivity index (χ2v) is 6.80. The van der Waals surface area contributed by atoms with Crippen LogP contribution in [0.4, 0.5) is 0 Å². The summed E-state index contributed by atoms with van der Waals surface area (Å²) >= 11 is 0. The highest BCUT2D eigenvalue weighted by Crippen LogP contribution is 2.15. The van der Waals surface area contributed by atoms with Gasteiger partial charge in [0.05, 0.1) is 13.7 Å². The number of nitrogens with one attached hydrogen (secondary N) is 1. The monoisotopic (exact) mass is 361 g/mol. The molecule has 2 amide bonds. The summed E-state index contributed by atoms with van der Waals surface area (Å²) in [7, 11) is 1.67. The van der Waals surface area contributed by atoms with E-state index < -0.39 is 0 Å². The lowest BCUT2D eigenvalue weighted by Gasteiger charge is -2.29. The maximum Gasteiger partial charge on any atom is 0.239 e. The number of carbonyl (C=O) groups is 2. The maximum atomic E-state index is 12.3. The fourth-order valence-corrected chi connectivity index (χ4v) is 3.36. The SMILES string of the molecule is CCN(CCCC(=O)N1CCNC(=O)C1)C(C)Cc1ccc(OC)cc1. The normalized spacial score (nSPS) is 15.7. The third-order valence-corrected chi connectivity index (χ3v) is 4.95. The number of rotatable bonds is 9. The van der Waals surface area contributed by atoms with E-state index in [4.69, 9.17) is 4.74 Å². The smallest absolute Gasteiger partial charge is 0.239 e. The fourth-order valence-electron chi connectivity index (χ4n) is 3.36. The van der Waals surface area contributed by atoms with Crippen LogP contribution >= 0.6 is 0 Å². The van der Waals surface area contributed by atoms with E-state index in [1.807, 2.05) is 12.1 Å². The van der Waals surface area contributed by atoms with Crippen LogP contribution in [0, 0.1) is 0 Å². The van der Waals surface area contributed by atoms with Crippen LogP contribution in [-0.4, -0.2) is 67.5 Å². The van der Waals surface area contributed by atoms with Gasteiger partial charge in [0.1, 0.15) is 5.75 Å². The highest BCUT2D eigenvalue weighted by molar-refractivity contribution is 5.85. The molecule has 1 atom stereocenters. The minimum Gasteiger partial charge on any atom is -0.497 e. The summed E-state index contributed by atoms with van der Waals surface area (Å²) in [4.78, 5) is 27.7. The third-order valence-electron chi connectivity index (χ3n) is 4.95. The number of ether oxygens (including phenoxy) is 1. The number of amides is 2. The molecule has 1 fully saturated rings. The van der Waals surface area contributed by atoms with Crippen LogP contribution in [0.3, 0.4) is 0 Å². The first-order chi connectivity index (χ1) is 12.5. The molecule has 1 aromatic rings. The van der Waals surface area contributed by atoms with Crippen LogP contribution in [0.15, 0.2) is 24.3 Å². The molecule has 0 aromatic heterocycles. The topological polar surface area (TPSA) is 61.9 Å². The van der Waals surface area contributed by atoms with Gasteiger partial charge >= 0.3 is 0 Å². The Balaban J connectivity index is 1.76. The molecule has 1 aromatic carbocycles. The third kappa shape index (κ3) is 6.02. The zero-order chi connectivity index (χ0) is 18.9. The van der Waals surface area contributed by atoms with E-state index in [2.05, 4.69) is 36.2 Å². The van der Waals surface area contributed by atoms with Gasteiger partial charge in [0, 0.05) is 25.6 Å². The van der Waals surface area contributed by atoms with E-state index in [9.17, 15) is 9.59 Å². The largest absolute Gasteiger partial charge is 0.497 e. The molecule has 6 heteroatoms. The van der Waals surface area contributed by atoms with Gasteiger partial charge in [0.15, 0.2) is 0 Å². The average Bonchev–Trinajstić information content (AvgIpc) is 2.65. The molecule has 1 aliphatic heterocycles. The molecule has 144 valence electrons. The van der Waals surface area contributed by atoms with Crippen molar-refractivity contribution >= 4 is 11.8 Å². The number of piperazine rings is 1. The Morgan fingerprint density at radius 1 is 1.35 bits per heavy atom. The Morgan fingerprint density at radius 3 is 2.69 bits per heavy atom. The van der Waals surface area contributed by atoms with E-state index >= 15 is 0 Å². The summed E-state index contributed by atoms with van der Waals surface area (Å²) < 4.78 is 5.20. The molecule has 1 saturated heterocycles. The number of benzene rings is 1. The molecule has 0 spiro atoms. The van der Waals surface area contributed by atoms with E-state index in [1.165, 1.54) is 5.56 Å². The summed E-state index contributed by atoms with van der Waals surface area (Å²) in [6.45, 7) is 7.60. The Bertz CT molecular complexity index is 588. The van der Waals surface area contributed by atoms with Crippen LogP contribution in [-0.2, 0) is 16.0 Å². The van der Waals surface area contributed by atoms with E-state index in [1.54, 1.807) is 12.0 Å². The van der Waals surface area contributed by atoms with Crippen molar-refractivity contribution in [2.45, 2.75) is 39.2 Å². The van der Waals surface area contributed by atoms with Crippen molar-refractivity contribution in [3.8, 4) is 5.75 Å². The average molecular weight is 361 g/mol. The second kappa shape index (κ2) is 10.2. The first-order valence-corrected chi connectivity index (χ1v) is 9.45. The van der Waals surface area contributed by atoms with Gasteiger partial charge in [-0.25, -0.2) is 0 Å². The molecule has 0 aliphatic carbocycles. The Hall–Kier alpha value is -2.08. The first-order valence-electron chi connectivity index (χ1n) is 9.45. The van der Waals surface area contributed by atoms with Gasteiger partial charge in [-0.1, -0.05) is 19.1 Å². The second-order valence-electron chi connectivity index (χ2n) is 6.80. The molecular formula is C20H31N3O3. The van der Waals surface area contributed by atoms with Gasteiger partial charge in [-0.05, 0) is 50.6 Å². The van der Waals surface area contributed by atoms with Gasteiger partial charge < -0.3 is 19.9 Å². The van der Waals surface area contributed by atoms with Gasteiger partial charge in [-0.2, -0.15) is 0 Å². The van der Waals surface area contributed by atoms with Gasteiger partial charge in [-0.3, -0.25) is 9.59 Å². The molecule has 1 aliphatic rings. The summed E-state index contributed by atoms with van der Waals surface area (Å²) in [5, 5.41) is 2.75. The lowest BCUT2D eigenvalue weighted by molar-refractivity contribution is -0.138. The molecule has 0 saturated carbocycles. The van der Waals surface area contributed by atoms with Crippen LogP contribution in [0.25, 0.3) is 0 Å². The fraction of sp³-hybridized carbons (Fsp3) is 0.600. The van der Waals surface area contributed by atoms with Crippen molar-refractivity contribution < 1.29 is 14.3 Å². The standard InChI is InChI=1S/C20H31N3O3/c1-4-22(16(2)14-17-7-9-18(26-3)10-8-17)12-5-6-20(25)23-13-11-21-19(24)15-23/h7-10,16H,4-6,11-15H2,1-3H3,(H,21,24). The molecule has 0 bridgehead atoms. The molecule has 6 nitrogen and oxygen atoms in total. The lowest BCUT2D eigenvalue weighted by atomic mass is 10.1. The van der Waals surface area contributed by atoms with E-state index in [0.717, 1.165) is 31.7 Å². The Labute approximate surface area is 156 Å². The van der Waals surface area contributed by atoms with Gasteiger partial charge in [-0.15, -0.1) is 0 Å². The van der Waals surface area contributed by atoms with Crippen LogP contribution in [0.2, 0.25) is 0 Å². The summed E-state index contributed by atoms with van der Waals surface area (Å²) in [6, 6.07) is 8.60. The quantitative estimate of drug-likeness (QED) is 0.727. The number of hydrogen-bond donors (Lipinski definition) is 1. The molecule has 2 rings (SSSR count). The lowest BCUT2D eigenvalue weighted by Crippen LogP contribution is -2.50. The van der Waals surface area contributed by atoms with Crippen LogP contribution in [0.1, 0.15) is 32.3 Å². The van der Waals surface area contributed by atoms with E-state index in [0.29, 0.717) is 25.6 Å². The number of carbonyl (C=O) groups excluding carboxylic acids is 2. The molecular weight excluding hydrogens is 330 g/mol. The van der Waals surface area contributed by atoms with E-state index in [-0.39, 0.29) is 18.4 Å². The number of hydrogen-bond acceptors (Lipinski definition) is 4. The number of likely N-dealkylation sites (N-methyl/N-ethyl adjacent to an activating group) is 1. The zero-order valence-corrected chi connectivity index (χ0v) is 16.2. The van der Waals surface area contributed by atoms with Crippen LogP contribution in [0.5, 0.6) is 5.75 Å². The highest BCUT2D eigenvalue weighted by atomic mass is 16.5. The molecule has 26 heavy (non-hydrogen) atoms. The zero-order valence-electron chi connectivity index (χ0n) is 16.2. The Morgan fingerprint density at radius 2 is 2.08 bits per heavy atom. The molecule has 0 radical (unpaired) electrons. The van der Waals surface area contributed by atoms with Crippen molar-refractivity contribution in [2.75, 3.05) is 39.8 Å². The maximum absolute atomic E-state index is 12.3. The van der Waals surface area contributed by atoms with Crippen LogP contribution < -0.4 is 10.1 Å². The molecule has 1 N–H and O–H groups in total. The minimum atomic E-state index is -0.0621. The minimum absolute atomic E-state index is 0.0621. The van der Waals surface area contributed by atoms with Crippen molar-refractivity contribution in [1.82, 2.24) is 15.1 Å². The summed E-state index contributed by atoms with van der Waals surface area (Å²) in [5.74, 6) is 0.894. The first kappa shape index (κ1) is 20.2.